The molecule has 3 rings (SSSR count). The summed E-state index contributed by atoms with van der Waals surface area (Å²) in [4.78, 5) is 16.5. The molecule has 2 N–H and O–H groups in total. The van der Waals surface area contributed by atoms with E-state index in [1.54, 1.807) is 25.3 Å². The number of rotatable bonds is 5. The summed E-state index contributed by atoms with van der Waals surface area (Å²) in [6, 6.07) is 6.95. The van der Waals surface area contributed by atoms with Gasteiger partial charge in [-0.05, 0) is 18.2 Å². The van der Waals surface area contributed by atoms with Crippen molar-refractivity contribution in [1.29, 1.82) is 0 Å². The van der Waals surface area contributed by atoms with Crippen LogP contribution in [0, 0.1) is 0 Å². The van der Waals surface area contributed by atoms with Crippen molar-refractivity contribution < 1.29 is 17.9 Å². The molecule has 1 fully saturated rings. The molecule has 1 aromatic carbocycles. The molecule has 0 aliphatic carbocycles. The first-order valence-electron chi connectivity index (χ1n) is 7.56. The summed E-state index contributed by atoms with van der Waals surface area (Å²) in [5.41, 5.74) is 1.30. The second-order valence-corrected chi connectivity index (χ2v) is 9.07. The molecule has 2 aliphatic heterocycles. The summed E-state index contributed by atoms with van der Waals surface area (Å²) >= 11 is 1.45. The van der Waals surface area contributed by atoms with Crippen LogP contribution in [0.25, 0.3) is 0 Å². The van der Waals surface area contributed by atoms with Crippen molar-refractivity contribution in [1.82, 2.24) is 5.32 Å². The number of amides is 1. The number of hydrogen-bond acceptors (Lipinski definition) is 7. The standard InChI is InChI=1S/C15H19N3O4S2/c1-22-6-5-16-14(19)10-3-2-4-11(7-10)17-15-18-12-8-24(20,21)9-13(12)23-15/h2-4,7,12-13H,5-6,8-9H2,1H3,(H,16,19)(H,17,18)/t12-,13+/m0/s1. The maximum atomic E-state index is 12.0. The molecule has 130 valence electrons. The lowest BCUT2D eigenvalue weighted by molar-refractivity contribution is 0.0937. The topological polar surface area (TPSA) is 96.9 Å². The zero-order valence-electron chi connectivity index (χ0n) is 13.2. The number of anilines is 1. The number of benzene rings is 1. The highest BCUT2D eigenvalue weighted by molar-refractivity contribution is 8.15. The molecule has 0 saturated carbocycles. The Morgan fingerprint density at radius 1 is 1.42 bits per heavy atom. The molecule has 2 heterocycles. The number of thioether (sulfide) groups is 1. The van der Waals surface area contributed by atoms with Gasteiger partial charge in [0.15, 0.2) is 15.0 Å². The molecule has 1 amide bonds. The first kappa shape index (κ1) is 17.2. The molecule has 0 radical (unpaired) electrons. The third-order valence-corrected chi connectivity index (χ3v) is 6.93. The average molecular weight is 369 g/mol. The molecule has 0 bridgehead atoms. The number of hydrogen-bond donors (Lipinski definition) is 2. The zero-order chi connectivity index (χ0) is 17.2. The van der Waals surface area contributed by atoms with Crippen molar-refractivity contribution in [3.05, 3.63) is 29.8 Å². The number of carbonyl (C=O) groups is 1. The highest BCUT2D eigenvalue weighted by Crippen LogP contribution is 2.34. The van der Waals surface area contributed by atoms with Gasteiger partial charge in [-0.25, -0.2) is 8.42 Å². The molecule has 24 heavy (non-hydrogen) atoms. The average Bonchev–Trinajstić information content (AvgIpc) is 3.00. The van der Waals surface area contributed by atoms with E-state index in [2.05, 4.69) is 15.6 Å². The third-order valence-electron chi connectivity index (χ3n) is 3.79. The number of fused-ring (bicyclic) bond motifs is 1. The normalized spacial score (nSPS) is 24.3. The number of methoxy groups -OCH3 is 1. The number of aliphatic imine (C=N–C) groups is 1. The van der Waals surface area contributed by atoms with Gasteiger partial charge in [0, 0.05) is 30.2 Å². The molecule has 0 unspecified atom stereocenters. The molecule has 2 atom stereocenters. The van der Waals surface area contributed by atoms with Crippen LogP contribution >= 0.6 is 11.8 Å². The summed E-state index contributed by atoms with van der Waals surface area (Å²) in [5, 5.41) is 6.64. The molecule has 7 nitrogen and oxygen atoms in total. The van der Waals surface area contributed by atoms with Gasteiger partial charge < -0.3 is 15.4 Å². The van der Waals surface area contributed by atoms with Crippen LogP contribution in [0.5, 0.6) is 0 Å². The molecular formula is C15H19N3O4S2. The van der Waals surface area contributed by atoms with Crippen LogP contribution in [0.3, 0.4) is 0 Å². The molecule has 0 spiro atoms. The number of amidine groups is 1. The van der Waals surface area contributed by atoms with E-state index >= 15 is 0 Å². The summed E-state index contributed by atoms with van der Waals surface area (Å²) < 4.78 is 28.1. The minimum absolute atomic E-state index is 0.00183. The lowest BCUT2D eigenvalue weighted by Gasteiger charge is -2.09. The fourth-order valence-electron chi connectivity index (χ4n) is 2.65. The van der Waals surface area contributed by atoms with E-state index in [1.807, 2.05) is 6.07 Å². The minimum atomic E-state index is -2.95. The highest BCUT2D eigenvalue weighted by atomic mass is 32.2. The van der Waals surface area contributed by atoms with Crippen LogP contribution in [-0.2, 0) is 14.6 Å². The second kappa shape index (κ2) is 7.12. The summed E-state index contributed by atoms with van der Waals surface area (Å²) in [6.45, 7) is 0.913. The summed E-state index contributed by atoms with van der Waals surface area (Å²) in [7, 11) is -1.37. The Morgan fingerprint density at radius 3 is 3.00 bits per heavy atom. The van der Waals surface area contributed by atoms with E-state index < -0.39 is 9.84 Å². The highest BCUT2D eigenvalue weighted by Gasteiger charge is 2.42. The van der Waals surface area contributed by atoms with Crippen molar-refractivity contribution in [3.8, 4) is 0 Å². The van der Waals surface area contributed by atoms with Gasteiger partial charge in [-0.15, -0.1) is 0 Å². The Balaban J connectivity index is 1.63. The van der Waals surface area contributed by atoms with Crippen LogP contribution in [0.1, 0.15) is 10.4 Å². The van der Waals surface area contributed by atoms with Gasteiger partial charge >= 0.3 is 0 Å². The Bertz CT molecular complexity index is 764. The van der Waals surface area contributed by atoms with Gasteiger partial charge in [0.1, 0.15) is 0 Å². The van der Waals surface area contributed by atoms with Crippen molar-refractivity contribution >= 4 is 38.4 Å². The lowest BCUT2D eigenvalue weighted by atomic mass is 10.2. The zero-order valence-corrected chi connectivity index (χ0v) is 14.8. The van der Waals surface area contributed by atoms with E-state index in [9.17, 15) is 13.2 Å². The van der Waals surface area contributed by atoms with Gasteiger partial charge in [-0.3, -0.25) is 9.79 Å². The predicted octanol–water partition coefficient (Wildman–Crippen LogP) is 0.743. The lowest BCUT2D eigenvalue weighted by Crippen LogP contribution is -2.27. The smallest absolute Gasteiger partial charge is 0.251 e. The molecular weight excluding hydrogens is 350 g/mol. The van der Waals surface area contributed by atoms with Gasteiger partial charge in [0.05, 0.1) is 24.2 Å². The Hall–Kier alpha value is -1.58. The number of nitrogens with zero attached hydrogens (tertiary/aromatic N) is 1. The molecule has 1 aromatic rings. The van der Waals surface area contributed by atoms with E-state index in [4.69, 9.17) is 4.74 Å². The van der Waals surface area contributed by atoms with E-state index in [1.165, 1.54) is 11.8 Å². The molecule has 2 aliphatic rings. The first-order chi connectivity index (χ1) is 11.5. The molecule has 0 aromatic heterocycles. The number of sulfone groups is 1. The van der Waals surface area contributed by atoms with E-state index in [-0.39, 0.29) is 28.7 Å². The monoisotopic (exact) mass is 369 g/mol. The van der Waals surface area contributed by atoms with E-state index in [0.717, 1.165) is 5.69 Å². The largest absolute Gasteiger partial charge is 0.383 e. The Labute approximate surface area is 145 Å². The van der Waals surface area contributed by atoms with Gasteiger partial charge in [-0.1, -0.05) is 17.8 Å². The van der Waals surface area contributed by atoms with Crippen LogP contribution in [0.4, 0.5) is 5.69 Å². The Morgan fingerprint density at radius 2 is 2.25 bits per heavy atom. The number of nitrogens with one attached hydrogen (secondary N) is 2. The quantitative estimate of drug-likeness (QED) is 0.743. The van der Waals surface area contributed by atoms with Crippen molar-refractivity contribution in [2.45, 2.75) is 11.3 Å². The second-order valence-electron chi connectivity index (χ2n) is 5.69. The van der Waals surface area contributed by atoms with Crippen molar-refractivity contribution in [3.63, 3.8) is 0 Å². The van der Waals surface area contributed by atoms with Crippen molar-refractivity contribution in [2.24, 2.45) is 4.99 Å². The summed E-state index contributed by atoms with van der Waals surface area (Å²) in [6.07, 6.45) is 0. The van der Waals surface area contributed by atoms with Gasteiger partial charge in [0.25, 0.3) is 5.91 Å². The first-order valence-corrected chi connectivity index (χ1v) is 10.3. The fraction of sp³-hybridized carbons (Fsp3) is 0.467. The van der Waals surface area contributed by atoms with Crippen LogP contribution in [0.2, 0.25) is 0 Å². The van der Waals surface area contributed by atoms with Crippen LogP contribution in [0.15, 0.2) is 29.3 Å². The number of carbonyl (C=O) groups excluding carboxylic acids is 1. The van der Waals surface area contributed by atoms with Gasteiger partial charge in [-0.2, -0.15) is 0 Å². The SMILES string of the molecule is COCCNC(=O)c1cccc(NC2=N[C@H]3CS(=O)(=O)C[C@H]3S2)c1. The Kier molecular flexibility index (Phi) is 5.12. The van der Waals surface area contributed by atoms with E-state index in [0.29, 0.717) is 23.9 Å². The van der Waals surface area contributed by atoms with Gasteiger partial charge in [0.2, 0.25) is 0 Å². The predicted molar refractivity (Wildman–Crippen MR) is 95.5 cm³/mol. The fourth-order valence-corrected chi connectivity index (χ4v) is 6.32. The van der Waals surface area contributed by atoms with Crippen LogP contribution in [-0.4, -0.2) is 62.6 Å². The minimum Gasteiger partial charge on any atom is -0.383 e. The number of ether oxygens (including phenoxy) is 1. The molecule has 1 saturated heterocycles. The maximum Gasteiger partial charge on any atom is 0.251 e. The molecule has 9 heteroatoms. The third kappa shape index (κ3) is 4.08. The van der Waals surface area contributed by atoms with Crippen LogP contribution < -0.4 is 10.6 Å². The maximum absolute atomic E-state index is 12.0. The summed E-state index contributed by atoms with van der Waals surface area (Å²) in [5.74, 6) is 0.135. The van der Waals surface area contributed by atoms with Crippen molar-refractivity contribution in [2.75, 3.05) is 37.1 Å².